The van der Waals surface area contributed by atoms with E-state index < -0.39 is 5.63 Å². The highest BCUT2D eigenvalue weighted by Gasteiger charge is 2.16. The average Bonchev–Trinajstić information content (AvgIpc) is 3.04. The largest absolute Gasteiger partial charge is 0.422 e. The predicted molar refractivity (Wildman–Crippen MR) is 90.7 cm³/mol. The van der Waals surface area contributed by atoms with Crippen LogP contribution in [0.5, 0.6) is 0 Å². The van der Waals surface area contributed by atoms with Gasteiger partial charge in [0, 0.05) is 10.9 Å². The second-order valence-corrected chi connectivity index (χ2v) is 5.78. The molecule has 0 unspecified atom stereocenters. The summed E-state index contributed by atoms with van der Waals surface area (Å²) in [6, 6.07) is 15.1. The van der Waals surface area contributed by atoms with E-state index in [0.29, 0.717) is 11.4 Å². The normalized spacial score (nSPS) is 11.1. The lowest BCUT2D eigenvalue weighted by molar-refractivity contribution is 0.429. The van der Waals surface area contributed by atoms with Crippen LogP contribution in [0.25, 0.3) is 33.8 Å². The second kappa shape index (κ2) is 5.45. The van der Waals surface area contributed by atoms with Gasteiger partial charge in [0.2, 0.25) is 5.82 Å². The van der Waals surface area contributed by atoms with Crippen LogP contribution in [0.15, 0.2) is 62.3 Å². The Hall–Kier alpha value is -3.21. The Morgan fingerprint density at radius 1 is 0.958 bits per heavy atom. The minimum Gasteiger partial charge on any atom is -0.422 e. The molecular formula is C19H14N2O3. The summed E-state index contributed by atoms with van der Waals surface area (Å²) in [7, 11) is 0. The predicted octanol–water partition coefficient (Wildman–Crippen LogP) is 4.13. The Morgan fingerprint density at radius 3 is 2.62 bits per heavy atom. The van der Waals surface area contributed by atoms with Crippen molar-refractivity contribution >= 4 is 11.0 Å². The average molecular weight is 318 g/mol. The van der Waals surface area contributed by atoms with Gasteiger partial charge in [-0.2, -0.15) is 4.98 Å². The summed E-state index contributed by atoms with van der Waals surface area (Å²) in [6.45, 7) is 3.97. The molecule has 0 aliphatic heterocycles. The summed E-state index contributed by atoms with van der Waals surface area (Å²) in [5.74, 6) is 0.598. The van der Waals surface area contributed by atoms with Gasteiger partial charge in [0.25, 0.3) is 5.89 Å². The molecule has 5 nitrogen and oxygen atoms in total. The Bertz CT molecular complexity index is 1110. The van der Waals surface area contributed by atoms with E-state index in [1.165, 1.54) is 0 Å². The fourth-order valence-electron chi connectivity index (χ4n) is 2.63. The van der Waals surface area contributed by atoms with Crippen molar-refractivity contribution in [3.05, 3.63) is 70.1 Å². The standard InChI is InChI=1S/C19H14N2O3/c1-11-4-3-5-13(8-11)17-20-18(24-21-17)15-10-14-9-12(2)6-7-16(14)23-19(15)22/h3-10H,1-2H3. The molecule has 0 fully saturated rings. The summed E-state index contributed by atoms with van der Waals surface area (Å²) in [6.07, 6.45) is 0. The van der Waals surface area contributed by atoms with Gasteiger partial charge in [-0.15, -0.1) is 0 Å². The molecule has 0 radical (unpaired) electrons. The van der Waals surface area contributed by atoms with Crippen molar-refractivity contribution in [1.29, 1.82) is 0 Å². The number of hydrogen-bond donors (Lipinski definition) is 0. The quantitative estimate of drug-likeness (QED) is 0.520. The highest BCUT2D eigenvalue weighted by Crippen LogP contribution is 2.24. The number of nitrogens with zero attached hydrogens (tertiary/aromatic N) is 2. The van der Waals surface area contributed by atoms with Crippen molar-refractivity contribution in [1.82, 2.24) is 10.1 Å². The van der Waals surface area contributed by atoms with Crippen LogP contribution in [-0.2, 0) is 0 Å². The molecule has 4 aromatic rings. The zero-order valence-corrected chi connectivity index (χ0v) is 13.2. The maximum absolute atomic E-state index is 12.2. The first kappa shape index (κ1) is 14.4. The molecule has 0 N–H and O–H groups in total. The summed E-state index contributed by atoms with van der Waals surface area (Å²) < 4.78 is 10.6. The van der Waals surface area contributed by atoms with Gasteiger partial charge in [-0.25, -0.2) is 4.79 Å². The summed E-state index contributed by atoms with van der Waals surface area (Å²) in [5, 5.41) is 4.80. The third-order valence-electron chi connectivity index (χ3n) is 3.82. The first-order valence-electron chi connectivity index (χ1n) is 7.56. The number of aryl methyl sites for hydroxylation is 2. The molecule has 5 heteroatoms. The van der Waals surface area contributed by atoms with Crippen LogP contribution >= 0.6 is 0 Å². The first-order valence-corrected chi connectivity index (χ1v) is 7.56. The van der Waals surface area contributed by atoms with E-state index in [4.69, 9.17) is 8.94 Å². The number of aromatic nitrogens is 2. The lowest BCUT2D eigenvalue weighted by Gasteiger charge is -1.99. The smallest absolute Gasteiger partial charge is 0.349 e. The van der Waals surface area contributed by atoms with Gasteiger partial charge in [-0.3, -0.25) is 0 Å². The molecule has 0 spiro atoms. The lowest BCUT2D eigenvalue weighted by atomic mass is 10.1. The zero-order valence-electron chi connectivity index (χ0n) is 13.2. The Morgan fingerprint density at radius 2 is 1.79 bits per heavy atom. The van der Waals surface area contributed by atoms with Crippen LogP contribution < -0.4 is 5.63 Å². The van der Waals surface area contributed by atoms with Crippen molar-refractivity contribution in [2.75, 3.05) is 0 Å². The van der Waals surface area contributed by atoms with Crippen molar-refractivity contribution in [3.8, 4) is 22.8 Å². The van der Waals surface area contributed by atoms with E-state index in [-0.39, 0.29) is 11.5 Å². The molecule has 0 saturated heterocycles. The van der Waals surface area contributed by atoms with Crippen LogP contribution in [0.3, 0.4) is 0 Å². The first-order chi connectivity index (χ1) is 11.6. The number of fused-ring (bicyclic) bond motifs is 1. The number of rotatable bonds is 2. The van der Waals surface area contributed by atoms with Crippen molar-refractivity contribution < 1.29 is 8.94 Å². The highest BCUT2D eigenvalue weighted by molar-refractivity contribution is 5.81. The lowest BCUT2D eigenvalue weighted by Crippen LogP contribution is -2.02. The SMILES string of the molecule is Cc1cccc(-c2noc(-c3cc4cc(C)ccc4oc3=O)n2)c1. The second-order valence-electron chi connectivity index (χ2n) is 5.78. The van der Waals surface area contributed by atoms with Crippen molar-refractivity contribution in [3.63, 3.8) is 0 Å². The van der Waals surface area contributed by atoms with E-state index in [9.17, 15) is 4.79 Å². The van der Waals surface area contributed by atoms with Gasteiger partial charge in [0.1, 0.15) is 11.1 Å². The van der Waals surface area contributed by atoms with E-state index in [0.717, 1.165) is 22.1 Å². The minimum atomic E-state index is -0.495. The van der Waals surface area contributed by atoms with Crippen LogP contribution in [0.1, 0.15) is 11.1 Å². The molecule has 2 aromatic carbocycles. The topological polar surface area (TPSA) is 69.1 Å². The third-order valence-corrected chi connectivity index (χ3v) is 3.82. The summed E-state index contributed by atoms with van der Waals surface area (Å²) in [4.78, 5) is 16.6. The molecule has 24 heavy (non-hydrogen) atoms. The summed E-state index contributed by atoms with van der Waals surface area (Å²) >= 11 is 0. The van der Waals surface area contributed by atoms with Gasteiger partial charge in [0.15, 0.2) is 0 Å². The van der Waals surface area contributed by atoms with Crippen molar-refractivity contribution in [2.45, 2.75) is 13.8 Å². The Balaban J connectivity index is 1.83. The number of hydrogen-bond acceptors (Lipinski definition) is 5. The molecule has 0 amide bonds. The monoisotopic (exact) mass is 318 g/mol. The fraction of sp³-hybridized carbons (Fsp3) is 0.105. The molecule has 0 saturated carbocycles. The third kappa shape index (κ3) is 2.50. The van der Waals surface area contributed by atoms with Gasteiger partial charge in [0.05, 0.1) is 0 Å². The Labute approximate surface area is 137 Å². The molecule has 0 aliphatic carbocycles. The molecule has 4 rings (SSSR count). The van der Waals surface area contributed by atoms with Gasteiger partial charge in [-0.05, 0) is 38.1 Å². The number of benzene rings is 2. The van der Waals surface area contributed by atoms with Crippen LogP contribution in [-0.4, -0.2) is 10.1 Å². The highest BCUT2D eigenvalue weighted by atomic mass is 16.5. The van der Waals surface area contributed by atoms with E-state index in [1.54, 1.807) is 12.1 Å². The maximum Gasteiger partial charge on any atom is 0.349 e. The molecule has 2 aromatic heterocycles. The maximum atomic E-state index is 12.2. The van der Waals surface area contributed by atoms with Crippen LogP contribution in [0.4, 0.5) is 0 Å². The van der Waals surface area contributed by atoms with E-state index >= 15 is 0 Å². The van der Waals surface area contributed by atoms with Gasteiger partial charge >= 0.3 is 5.63 Å². The molecule has 118 valence electrons. The van der Waals surface area contributed by atoms with E-state index in [1.807, 2.05) is 50.2 Å². The molecule has 0 aliphatic rings. The van der Waals surface area contributed by atoms with Crippen LogP contribution in [0, 0.1) is 13.8 Å². The molecule has 0 bridgehead atoms. The summed E-state index contributed by atoms with van der Waals surface area (Å²) in [5.41, 5.74) is 3.32. The molecule has 2 heterocycles. The molecule has 0 atom stereocenters. The Kier molecular flexibility index (Phi) is 3.27. The van der Waals surface area contributed by atoms with Gasteiger partial charge in [-0.1, -0.05) is 40.5 Å². The van der Waals surface area contributed by atoms with Crippen LogP contribution in [0.2, 0.25) is 0 Å². The van der Waals surface area contributed by atoms with E-state index in [2.05, 4.69) is 10.1 Å². The zero-order chi connectivity index (χ0) is 16.7. The minimum absolute atomic E-state index is 0.156. The van der Waals surface area contributed by atoms with Crippen molar-refractivity contribution in [2.24, 2.45) is 0 Å². The van der Waals surface area contributed by atoms with Gasteiger partial charge < -0.3 is 8.94 Å². The molecular weight excluding hydrogens is 304 g/mol. The fourth-order valence-corrected chi connectivity index (χ4v) is 2.63.